The average molecular weight is 503 g/mol. The number of halogens is 3. The second-order valence-electron chi connectivity index (χ2n) is 9.48. The van der Waals surface area contributed by atoms with Crippen molar-refractivity contribution in [1.29, 1.82) is 0 Å². The molecule has 3 N–H and O–H groups in total. The largest absolute Gasteiger partial charge is 0.336 e. The maximum Gasteiger partial charge on any atom is 0.231 e. The number of rotatable bonds is 5. The highest BCUT2D eigenvalue weighted by Gasteiger charge is 2.54. The molecule has 8 atom stereocenters. The maximum atomic E-state index is 15.9. The van der Waals surface area contributed by atoms with E-state index in [1.165, 1.54) is 0 Å². The summed E-state index contributed by atoms with van der Waals surface area (Å²) in [6, 6.07) is 4.66. The Morgan fingerprint density at radius 3 is 2.77 bits per heavy atom. The van der Waals surface area contributed by atoms with E-state index in [-0.39, 0.29) is 30.2 Å². The second kappa shape index (κ2) is 8.65. The lowest BCUT2D eigenvalue weighted by atomic mass is 9.70. The summed E-state index contributed by atoms with van der Waals surface area (Å²) in [6.07, 6.45) is 4.64. The van der Waals surface area contributed by atoms with Crippen LogP contribution in [0.25, 0.3) is 5.65 Å². The lowest BCUT2D eigenvalue weighted by Crippen LogP contribution is -2.62. The summed E-state index contributed by atoms with van der Waals surface area (Å²) >= 11 is 6.83. The quantitative estimate of drug-likeness (QED) is 0.459. The molecule has 0 radical (unpaired) electrons. The van der Waals surface area contributed by atoms with Gasteiger partial charge in [-0.25, -0.2) is 23.7 Å². The van der Waals surface area contributed by atoms with Crippen molar-refractivity contribution in [2.75, 3.05) is 23.8 Å². The van der Waals surface area contributed by atoms with Gasteiger partial charge in [0, 0.05) is 44.1 Å². The average Bonchev–Trinajstić information content (AvgIpc) is 3.22. The number of alkyl halides is 3. The number of anilines is 2. The molecule has 1 amide bonds. The lowest BCUT2D eigenvalue weighted by molar-refractivity contribution is -0.117. The van der Waals surface area contributed by atoms with Crippen molar-refractivity contribution in [3.63, 3.8) is 0 Å². The number of amides is 1. The first kappa shape index (κ1) is 22.6. The van der Waals surface area contributed by atoms with Gasteiger partial charge in [-0.05, 0) is 30.0 Å². The van der Waals surface area contributed by atoms with Crippen molar-refractivity contribution in [2.45, 2.75) is 42.1 Å². The Bertz CT molecular complexity index is 1240. The number of hydrogen-bond donors (Lipinski definition) is 3. The predicted octanol–water partition coefficient (Wildman–Crippen LogP) is 2.06. The Morgan fingerprint density at radius 2 is 2.03 bits per heavy atom. The van der Waals surface area contributed by atoms with Crippen molar-refractivity contribution in [1.82, 2.24) is 30.2 Å². The van der Waals surface area contributed by atoms with Crippen molar-refractivity contribution in [2.24, 2.45) is 11.8 Å². The van der Waals surface area contributed by atoms with Crippen molar-refractivity contribution in [3.05, 3.63) is 48.5 Å². The van der Waals surface area contributed by atoms with Gasteiger partial charge >= 0.3 is 0 Å². The van der Waals surface area contributed by atoms with E-state index in [1.54, 1.807) is 41.0 Å². The Labute approximate surface area is 205 Å². The molecule has 6 unspecified atom stereocenters. The molecular weight excluding hydrogens is 478 g/mol. The highest BCUT2D eigenvalue weighted by atomic mass is 35.5. The van der Waals surface area contributed by atoms with Gasteiger partial charge in [0.2, 0.25) is 11.9 Å². The molecule has 1 saturated heterocycles. The summed E-state index contributed by atoms with van der Waals surface area (Å²) in [5.41, 5.74) is 7.93. The van der Waals surface area contributed by atoms with Gasteiger partial charge in [-0.1, -0.05) is 6.07 Å². The zero-order chi connectivity index (χ0) is 24.3. The van der Waals surface area contributed by atoms with Crippen LogP contribution in [0.5, 0.6) is 0 Å². The van der Waals surface area contributed by atoms with Crippen LogP contribution in [0.1, 0.15) is 17.9 Å². The smallest absolute Gasteiger partial charge is 0.231 e. The van der Waals surface area contributed by atoms with Crippen LogP contribution in [0.3, 0.4) is 0 Å². The Kier molecular flexibility index (Phi) is 5.58. The number of nitrogens with zero attached hydrogens (tertiary/aromatic N) is 5. The number of carbonyl (C=O) groups excluding carboxylic acids is 1. The molecule has 9 nitrogen and oxygen atoms in total. The van der Waals surface area contributed by atoms with Crippen LogP contribution in [0.4, 0.5) is 20.5 Å². The van der Waals surface area contributed by atoms with E-state index in [4.69, 9.17) is 11.6 Å². The molecule has 3 aliphatic rings. The molecule has 3 fully saturated rings. The zero-order valence-electron chi connectivity index (χ0n) is 18.9. The molecule has 0 spiro atoms. The van der Waals surface area contributed by atoms with E-state index >= 15 is 4.39 Å². The normalized spacial score (nSPS) is 33.9. The SMILES string of the molecule is CN(c1ncccn1)C1C(F)C(Cl)C(c2ccc3nc(NC(=O)[C@@H]4C[C@@H]4F)cn3c2)C2CNNC21. The van der Waals surface area contributed by atoms with Crippen LogP contribution in [0.15, 0.2) is 43.0 Å². The van der Waals surface area contributed by atoms with Gasteiger partial charge in [-0.2, -0.15) is 0 Å². The first-order chi connectivity index (χ1) is 16.9. The molecule has 184 valence electrons. The van der Waals surface area contributed by atoms with Gasteiger partial charge in [0.25, 0.3) is 0 Å². The number of pyridine rings is 1. The van der Waals surface area contributed by atoms with Crippen molar-refractivity contribution in [3.8, 4) is 0 Å². The van der Waals surface area contributed by atoms with Crippen LogP contribution in [-0.2, 0) is 4.79 Å². The lowest BCUT2D eigenvalue weighted by Gasteiger charge is -2.47. The molecule has 2 aliphatic carbocycles. The van der Waals surface area contributed by atoms with E-state index in [2.05, 4.69) is 31.1 Å². The van der Waals surface area contributed by atoms with E-state index in [1.807, 2.05) is 18.3 Å². The summed E-state index contributed by atoms with van der Waals surface area (Å²) in [5.74, 6) is -0.427. The standard InChI is InChI=1S/C23H25ClF2N8O/c1-33(23-27-5-2-6-28-23)21-19(26)18(24)17(13-8-29-32-20(13)21)11-3-4-16-30-15(10-34(16)9-11)31-22(35)12-7-14(12)25/h2-6,9-10,12-14,17-21,29,32H,7-8H2,1H3,(H,31,35)/t12-,13?,14+,17?,18?,19?,20?,21?/m1/s1. The molecule has 3 aromatic rings. The van der Waals surface area contributed by atoms with Gasteiger partial charge in [-0.3, -0.25) is 15.6 Å². The van der Waals surface area contributed by atoms with Crippen molar-refractivity contribution < 1.29 is 13.6 Å². The molecule has 35 heavy (non-hydrogen) atoms. The first-order valence-electron chi connectivity index (χ1n) is 11.6. The van der Waals surface area contributed by atoms with Gasteiger partial charge < -0.3 is 14.6 Å². The molecule has 3 aromatic heterocycles. The fourth-order valence-corrected chi connectivity index (χ4v) is 5.93. The molecule has 6 rings (SSSR count). The third-order valence-electron chi connectivity index (χ3n) is 7.34. The van der Waals surface area contributed by atoms with Crippen LogP contribution >= 0.6 is 11.6 Å². The van der Waals surface area contributed by atoms with Crippen LogP contribution < -0.4 is 21.1 Å². The number of fused-ring (bicyclic) bond motifs is 2. The first-order valence-corrected chi connectivity index (χ1v) is 12.1. The monoisotopic (exact) mass is 502 g/mol. The van der Waals surface area contributed by atoms with E-state index < -0.39 is 29.7 Å². The Balaban J connectivity index is 1.28. The summed E-state index contributed by atoms with van der Waals surface area (Å²) in [5, 5.41) is 1.89. The summed E-state index contributed by atoms with van der Waals surface area (Å²) in [7, 11) is 1.79. The highest BCUT2D eigenvalue weighted by molar-refractivity contribution is 6.21. The maximum absolute atomic E-state index is 15.9. The number of aromatic nitrogens is 4. The second-order valence-corrected chi connectivity index (χ2v) is 9.99. The number of carbonyl (C=O) groups is 1. The number of hydrogen-bond acceptors (Lipinski definition) is 7. The molecule has 0 bridgehead atoms. The van der Waals surface area contributed by atoms with E-state index in [9.17, 15) is 9.18 Å². The zero-order valence-corrected chi connectivity index (χ0v) is 19.6. The van der Waals surface area contributed by atoms with Gasteiger partial charge in [0.1, 0.15) is 18.0 Å². The third-order valence-corrected chi connectivity index (χ3v) is 7.86. The minimum atomic E-state index is -1.36. The van der Waals surface area contributed by atoms with Crippen molar-refractivity contribution >= 4 is 34.9 Å². The molecule has 1 aliphatic heterocycles. The summed E-state index contributed by atoms with van der Waals surface area (Å²) in [4.78, 5) is 26.8. The fourth-order valence-electron chi connectivity index (χ4n) is 5.45. The molecule has 12 heteroatoms. The van der Waals surface area contributed by atoms with E-state index in [0.29, 0.717) is 24.0 Å². The summed E-state index contributed by atoms with van der Waals surface area (Å²) < 4.78 is 30.9. The van der Waals surface area contributed by atoms with Crippen LogP contribution in [-0.4, -0.2) is 68.7 Å². The number of nitrogens with one attached hydrogen (secondary N) is 3. The van der Waals surface area contributed by atoms with E-state index in [0.717, 1.165) is 5.56 Å². The van der Waals surface area contributed by atoms with Gasteiger partial charge in [0.05, 0.1) is 23.5 Å². The molecular formula is C23H25ClF2N8O. The number of hydrazine groups is 1. The number of likely N-dealkylation sites (N-methyl/N-ethyl adjacent to an activating group) is 1. The predicted molar refractivity (Wildman–Crippen MR) is 127 cm³/mol. The fraction of sp³-hybridized carbons (Fsp3) is 0.478. The molecule has 0 aromatic carbocycles. The third kappa shape index (κ3) is 3.91. The minimum Gasteiger partial charge on any atom is -0.336 e. The highest BCUT2D eigenvalue weighted by Crippen LogP contribution is 2.45. The van der Waals surface area contributed by atoms with Crippen LogP contribution in [0.2, 0.25) is 0 Å². The number of imidazole rings is 1. The molecule has 4 heterocycles. The Hall–Kier alpha value is -2.89. The topological polar surface area (TPSA) is 99.5 Å². The minimum absolute atomic E-state index is 0.0113. The summed E-state index contributed by atoms with van der Waals surface area (Å²) in [6.45, 7) is 0.625. The van der Waals surface area contributed by atoms with Gasteiger partial charge in [0.15, 0.2) is 5.82 Å². The van der Waals surface area contributed by atoms with Crippen LogP contribution in [0, 0.1) is 11.8 Å². The van der Waals surface area contributed by atoms with Gasteiger partial charge in [-0.15, -0.1) is 11.6 Å². The Morgan fingerprint density at radius 1 is 1.26 bits per heavy atom. The molecule has 2 saturated carbocycles.